The third kappa shape index (κ3) is 3.41. The van der Waals surface area contributed by atoms with Crippen molar-refractivity contribution in [3.63, 3.8) is 0 Å². The van der Waals surface area contributed by atoms with Crippen LogP contribution in [0.2, 0.25) is 0 Å². The van der Waals surface area contributed by atoms with Crippen molar-refractivity contribution in [3.8, 4) is 0 Å². The number of rotatable bonds is 5. The first-order valence-corrected chi connectivity index (χ1v) is 5.74. The third-order valence-corrected chi connectivity index (χ3v) is 2.61. The van der Waals surface area contributed by atoms with Crippen molar-refractivity contribution in [3.05, 3.63) is 35.4 Å². The summed E-state index contributed by atoms with van der Waals surface area (Å²) in [6.45, 7) is 1.34. The van der Waals surface area contributed by atoms with Crippen molar-refractivity contribution in [2.75, 3.05) is 6.54 Å². The Bertz CT molecular complexity index is 456. The van der Waals surface area contributed by atoms with Crippen molar-refractivity contribution in [2.24, 2.45) is 0 Å². The van der Waals surface area contributed by atoms with E-state index in [0.29, 0.717) is 18.2 Å². The van der Waals surface area contributed by atoms with Crippen LogP contribution < -0.4 is 5.32 Å². The minimum atomic E-state index is -5.88. The van der Waals surface area contributed by atoms with E-state index in [1.807, 2.05) is 5.32 Å². The Labute approximate surface area is 110 Å². The molecule has 0 heterocycles. The zero-order valence-corrected chi connectivity index (χ0v) is 10.4. The van der Waals surface area contributed by atoms with Crippen LogP contribution in [0.4, 0.5) is 30.7 Å². The van der Waals surface area contributed by atoms with Gasteiger partial charge in [0.05, 0.1) is 0 Å². The molecular formula is C12H12F7N. The van der Waals surface area contributed by atoms with E-state index in [0.717, 1.165) is 0 Å². The second kappa shape index (κ2) is 5.99. The summed E-state index contributed by atoms with van der Waals surface area (Å²) in [4.78, 5) is 0. The van der Waals surface area contributed by atoms with Crippen LogP contribution in [0.5, 0.6) is 0 Å². The molecule has 1 rings (SSSR count). The van der Waals surface area contributed by atoms with E-state index in [-0.39, 0.29) is 13.0 Å². The van der Waals surface area contributed by atoms with Crippen LogP contribution in [-0.2, 0) is 0 Å². The molecular weight excluding hydrogens is 291 g/mol. The SMILES string of the molecule is CCCNC(c1cc(F)ccc1F)C(F)(F)C(F)(F)F. The van der Waals surface area contributed by atoms with Gasteiger partial charge in [0.1, 0.15) is 17.7 Å². The number of alkyl halides is 5. The second-order valence-corrected chi connectivity index (χ2v) is 4.17. The summed E-state index contributed by atoms with van der Waals surface area (Å²) < 4.78 is 90.6. The number of hydrogen-bond acceptors (Lipinski definition) is 1. The zero-order valence-electron chi connectivity index (χ0n) is 10.4. The van der Waals surface area contributed by atoms with Gasteiger partial charge in [-0.3, -0.25) is 0 Å². The first kappa shape index (κ1) is 16.7. The van der Waals surface area contributed by atoms with Crippen molar-refractivity contribution in [1.29, 1.82) is 0 Å². The molecule has 20 heavy (non-hydrogen) atoms. The lowest BCUT2D eigenvalue weighted by molar-refractivity contribution is -0.294. The molecule has 8 heteroatoms. The Morgan fingerprint density at radius 1 is 1.10 bits per heavy atom. The summed E-state index contributed by atoms with van der Waals surface area (Å²) in [5, 5.41) is 1.92. The van der Waals surface area contributed by atoms with Gasteiger partial charge in [-0.15, -0.1) is 0 Å². The minimum absolute atomic E-state index is 0.202. The molecule has 0 bridgehead atoms. The van der Waals surface area contributed by atoms with E-state index in [2.05, 4.69) is 0 Å². The first-order valence-electron chi connectivity index (χ1n) is 5.74. The molecule has 0 fully saturated rings. The van der Waals surface area contributed by atoms with Gasteiger partial charge in [-0.05, 0) is 31.2 Å². The quantitative estimate of drug-likeness (QED) is 0.804. The highest BCUT2D eigenvalue weighted by Crippen LogP contribution is 2.45. The smallest absolute Gasteiger partial charge is 0.305 e. The Balaban J connectivity index is 3.28. The molecule has 1 N–H and O–H groups in total. The van der Waals surface area contributed by atoms with E-state index in [1.165, 1.54) is 6.92 Å². The van der Waals surface area contributed by atoms with Crippen LogP contribution in [0, 0.1) is 11.6 Å². The summed E-state index contributed by atoms with van der Waals surface area (Å²) in [6.07, 6.45) is -5.63. The van der Waals surface area contributed by atoms with Crippen molar-refractivity contribution >= 4 is 0 Å². The maximum absolute atomic E-state index is 13.5. The zero-order chi connectivity index (χ0) is 15.6. The molecule has 1 nitrogen and oxygen atoms in total. The monoisotopic (exact) mass is 303 g/mol. The molecule has 0 saturated heterocycles. The molecule has 0 saturated carbocycles. The van der Waals surface area contributed by atoms with Gasteiger partial charge in [-0.1, -0.05) is 6.92 Å². The highest BCUT2D eigenvalue weighted by atomic mass is 19.4. The topological polar surface area (TPSA) is 12.0 Å². The molecule has 0 aliphatic rings. The van der Waals surface area contributed by atoms with Gasteiger partial charge in [0, 0.05) is 5.56 Å². The molecule has 0 spiro atoms. The van der Waals surface area contributed by atoms with Crippen LogP contribution in [0.1, 0.15) is 24.9 Å². The van der Waals surface area contributed by atoms with E-state index in [1.54, 1.807) is 0 Å². The van der Waals surface area contributed by atoms with Gasteiger partial charge in [0.15, 0.2) is 0 Å². The van der Waals surface area contributed by atoms with Gasteiger partial charge >= 0.3 is 12.1 Å². The van der Waals surface area contributed by atoms with Crippen LogP contribution in [0.3, 0.4) is 0 Å². The molecule has 0 aliphatic heterocycles. The highest BCUT2D eigenvalue weighted by Gasteiger charge is 2.63. The Hall–Kier alpha value is -1.31. The number of hydrogen-bond donors (Lipinski definition) is 1. The van der Waals surface area contributed by atoms with Gasteiger partial charge in [0.2, 0.25) is 0 Å². The van der Waals surface area contributed by atoms with Crippen molar-refractivity contribution in [2.45, 2.75) is 31.5 Å². The van der Waals surface area contributed by atoms with E-state index < -0.39 is 35.3 Å². The standard InChI is InChI=1S/C12H12F7N/c1-2-5-20-10(11(15,16)12(17,18)19)8-6-7(13)3-4-9(8)14/h3-4,6,10,20H,2,5H2,1H3. The molecule has 0 aromatic heterocycles. The molecule has 0 aliphatic carbocycles. The highest BCUT2D eigenvalue weighted by molar-refractivity contribution is 5.25. The average molecular weight is 303 g/mol. The van der Waals surface area contributed by atoms with Gasteiger partial charge in [0.25, 0.3) is 0 Å². The fourth-order valence-corrected chi connectivity index (χ4v) is 1.62. The number of benzene rings is 1. The summed E-state index contributed by atoms with van der Waals surface area (Å²) in [6, 6.07) is -1.19. The lowest BCUT2D eigenvalue weighted by atomic mass is 9.99. The van der Waals surface area contributed by atoms with E-state index in [4.69, 9.17) is 0 Å². The molecule has 114 valence electrons. The van der Waals surface area contributed by atoms with Crippen LogP contribution in [0.15, 0.2) is 18.2 Å². The maximum atomic E-state index is 13.5. The lowest BCUT2D eigenvalue weighted by Crippen LogP contribution is -2.48. The number of nitrogens with one attached hydrogen (secondary N) is 1. The second-order valence-electron chi connectivity index (χ2n) is 4.17. The Kier molecular flexibility index (Phi) is 5.01. The maximum Gasteiger partial charge on any atom is 0.455 e. The summed E-state index contributed by atoms with van der Waals surface area (Å²) in [5.41, 5.74) is -1.05. The van der Waals surface area contributed by atoms with Crippen molar-refractivity contribution < 1.29 is 30.7 Å². The van der Waals surface area contributed by atoms with Crippen molar-refractivity contribution in [1.82, 2.24) is 5.32 Å². The normalized spacial score (nSPS) is 14.4. The van der Waals surface area contributed by atoms with E-state index >= 15 is 0 Å². The summed E-state index contributed by atoms with van der Waals surface area (Å²) >= 11 is 0. The predicted molar refractivity (Wildman–Crippen MR) is 58.4 cm³/mol. The van der Waals surface area contributed by atoms with E-state index in [9.17, 15) is 30.7 Å². The van der Waals surface area contributed by atoms with Crippen LogP contribution >= 0.6 is 0 Å². The molecule has 0 amide bonds. The largest absolute Gasteiger partial charge is 0.455 e. The van der Waals surface area contributed by atoms with Gasteiger partial charge in [-0.25, -0.2) is 8.78 Å². The minimum Gasteiger partial charge on any atom is -0.305 e. The fourth-order valence-electron chi connectivity index (χ4n) is 1.62. The molecule has 1 unspecified atom stereocenters. The van der Waals surface area contributed by atoms with Gasteiger partial charge in [-0.2, -0.15) is 22.0 Å². The van der Waals surface area contributed by atoms with Gasteiger partial charge < -0.3 is 5.32 Å². The summed E-state index contributed by atoms with van der Waals surface area (Å²) in [7, 11) is 0. The Morgan fingerprint density at radius 2 is 1.70 bits per heavy atom. The van der Waals surface area contributed by atoms with Crippen LogP contribution in [-0.4, -0.2) is 18.6 Å². The summed E-state index contributed by atoms with van der Waals surface area (Å²) in [5.74, 6) is -7.65. The first-order chi connectivity index (χ1) is 9.11. The average Bonchev–Trinajstić information content (AvgIpc) is 2.32. The molecule has 1 aromatic carbocycles. The fraction of sp³-hybridized carbons (Fsp3) is 0.500. The molecule has 1 atom stereocenters. The lowest BCUT2D eigenvalue weighted by Gasteiger charge is -2.30. The molecule has 1 aromatic rings. The third-order valence-electron chi connectivity index (χ3n) is 2.61. The predicted octanol–water partition coefficient (Wildman–Crippen LogP) is 4.20. The molecule has 0 radical (unpaired) electrons. The Morgan fingerprint density at radius 3 is 2.20 bits per heavy atom. The number of halogens is 7. The van der Waals surface area contributed by atoms with Crippen LogP contribution in [0.25, 0.3) is 0 Å².